The van der Waals surface area contributed by atoms with Gasteiger partial charge in [0.15, 0.2) is 0 Å². The van der Waals surface area contributed by atoms with Crippen molar-refractivity contribution in [3.63, 3.8) is 0 Å². The fraction of sp³-hybridized carbons (Fsp3) is 0.500. The highest BCUT2D eigenvalue weighted by Crippen LogP contribution is 2.12. The number of rotatable bonds is 6. The Labute approximate surface area is 91.4 Å². The zero-order valence-electron chi connectivity index (χ0n) is 9.62. The van der Waals surface area contributed by atoms with Crippen molar-refractivity contribution in [1.29, 1.82) is 0 Å². The molecule has 1 rings (SSSR count). The van der Waals surface area contributed by atoms with E-state index in [1.165, 1.54) is 5.56 Å². The van der Waals surface area contributed by atoms with Gasteiger partial charge in [0, 0.05) is 19.7 Å². The van der Waals surface area contributed by atoms with E-state index in [2.05, 4.69) is 18.3 Å². The maximum Gasteiger partial charge on any atom is 0.119 e. The van der Waals surface area contributed by atoms with Crippen LogP contribution in [0.2, 0.25) is 0 Å². The van der Waals surface area contributed by atoms with Crippen molar-refractivity contribution in [2.75, 3.05) is 20.8 Å². The van der Waals surface area contributed by atoms with Crippen LogP contribution in [-0.2, 0) is 11.3 Å². The molecule has 0 heterocycles. The van der Waals surface area contributed by atoms with E-state index in [0.29, 0.717) is 6.04 Å². The molecule has 0 radical (unpaired) electrons. The van der Waals surface area contributed by atoms with E-state index in [0.717, 1.165) is 18.9 Å². The van der Waals surface area contributed by atoms with Gasteiger partial charge in [-0.05, 0) is 24.6 Å². The second kappa shape index (κ2) is 6.43. The molecule has 1 aromatic rings. The quantitative estimate of drug-likeness (QED) is 0.775. The first-order valence-corrected chi connectivity index (χ1v) is 5.11. The molecule has 0 aromatic heterocycles. The maximum atomic E-state index is 5.16. The van der Waals surface area contributed by atoms with Gasteiger partial charge in [-0.15, -0.1) is 0 Å². The molecule has 15 heavy (non-hydrogen) atoms. The van der Waals surface area contributed by atoms with E-state index < -0.39 is 0 Å². The second-order valence-electron chi connectivity index (χ2n) is 3.59. The van der Waals surface area contributed by atoms with Gasteiger partial charge in [-0.1, -0.05) is 12.1 Å². The Morgan fingerprint density at radius 1 is 1.33 bits per heavy atom. The summed E-state index contributed by atoms with van der Waals surface area (Å²) in [6.07, 6.45) is 0. The van der Waals surface area contributed by atoms with Crippen LogP contribution >= 0.6 is 0 Å². The summed E-state index contributed by atoms with van der Waals surface area (Å²) in [5.41, 5.74) is 1.22. The predicted molar refractivity (Wildman–Crippen MR) is 61.2 cm³/mol. The monoisotopic (exact) mass is 209 g/mol. The van der Waals surface area contributed by atoms with Crippen LogP contribution in [0, 0.1) is 0 Å². The summed E-state index contributed by atoms with van der Waals surface area (Å²) in [5.74, 6) is 0.897. The smallest absolute Gasteiger partial charge is 0.119 e. The van der Waals surface area contributed by atoms with Crippen molar-refractivity contribution in [2.45, 2.75) is 19.5 Å². The molecule has 0 aliphatic rings. The average molecular weight is 209 g/mol. The Bertz CT molecular complexity index is 289. The lowest BCUT2D eigenvalue weighted by atomic mass is 10.2. The maximum absolute atomic E-state index is 5.16. The molecule has 3 nitrogen and oxygen atoms in total. The molecule has 84 valence electrons. The Balaban J connectivity index is 2.43. The lowest BCUT2D eigenvalue weighted by Gasteiger charge is -2.12. The van der Waals surface area contributed by atoms with E-state index in [1.807, 2.05) is 18.2 Å². The Morgan fingerprint density at radius 3 is 2.80 bits per heavy atom. The van der Waals surface area contributed by atoms with Crippen LogP contribution in [0.1, 0.15) is 12.5 Å². The first-order valence-electron chi connectivity index (χ1n) is 5.11. The van der Waals surface area contributed by atoms with Crippen LogP contribution in [-0.4, -0.2) is 26.9 Å². The van der Waals surface area contributed by atoms with Gasteiger partial charge in [0.05, 0.1) is 13.7 Å². The summed E-state index contributed by atoms with van der Waals surface area (Å²) in [4.78, 5) is 0. The van der Waals surface area contributed by atoms with Crippen molar-refractivity contribution >= 4 is 0 Å². The molecular weight excluding hydrogens is 190 g/mol. The van der Waals surface area contributed by atoms with E-state index >= 15 is 0 Å². The SMILES string of the molecule is COC[C@@H](C)NCc1cccc(OC)c1. The van der Waals surface area contributed by atoms with E-state index in [-0.39, 0.29) is 0 Å². The molecule has 0 aliphatic carbocycles. The van der Waals surface area contributed by atoms with Crippen LogP contribution in [0.15, 0.2) is 24.3 Å². The lowest BCUT2D eigenvalue weighted by Crippen LogP contribution is -2.29. The fourth-order valence-electron chi connectivity index (χ4n) is 1.38. The fourth-order valence-corrected chi connectivity index (χ4v) is 1.38. The molecule has 0 unspecified atom stereocenters. The number of ether oxygens (including phenoxy) is 2. The van der Waals surface area contributed by atoms with Crippen molar-refractivity contribution < 1.29 is 9.47 Å². The zero-order valence-corrected chi connectivity index (χ0v) is 9.62. The van der Waals surface area contributed by atoms with E-state index in [1.54, 1.807) is 14.2 Å². The summed E-state index contributed by atoms with van der Waals surface area (Å²) in [7, 11) is 3.39. The third-order valence-corrected chi connectivity index (χ3v) is 2.21. The van der Waals surface area contributed by atoms with Gasteiger partial charge in [0.25, 0.3) is 0 Å². The third kappa shape index (κ3) is 4.32. The highest BCUT2D eigenvalue weighted by atomic mass is 16.5. The number of benzene rings is 1. The number of hydrogen-bond acceptors (Lipinski definition) is 3. The Hall–Kier alpha value is -1.06. The van der Waals surface area contributed by atoms with Crippen LogP contribution < -0.4 is 10.1 Å². The first-order chi connectivity index (χ1) is 7.26. The van der Waals surface area contributed by atoms with Gasteiger partial charge < -0.3 is 14.8 Å². The standard InChI is InChI=1S/C12H19NO2/c1-10(9-14-2)13-8-11-5-4-6-12(7-11)15-3/h4-7,10,13H,8-9H2,1-3H3/t10-/m1/s1. The third-order valence-electron chi connectivity index (χ3n) is 2.21. The molecule has 3 heteroatoms. The van der Waals surface area contributed by atoms with Crippen LogP contribution in [0.25, 0.3) is 0 Å². The molecule has 0 saturated heterocycles. The highest BCUT2D eigenvalue weighted by Gasteiger charge is 2.00. The first kappa shape index (κ1) is 12.0. The van der Waals surface area contributed by atoms with Crippen molar-refractivity contribution in [2.24, 2.45) is 0 Å². The predicted octanol–water partition coefficient (Wildman–Crippen LogP) is 1.82. The van der Waals surface area contributed by atoms with Gasteiger partial charge in [0.2, 0.25) is 0 Å². The highest BCUT2D eigenvalue weighted by molar-refractivity contribution is 5.28. The molecule has 0 saturated carbocycles. The van der Waals surface area contributed by atoms with Gasteiger partial charge in [-0.25, -0.2) is 0 Å². The summed E-state index contributed by atoms with van der Waals surface area (Å²) in [6.45, 7) is 3.66. The topological polar surface area (TPSA) is 30.5 Å². The summed E-state index contributed by atoms with van der Waals surface area (Å²) in [6, 6.07) is 8.42. The summed E-state index contributed by atoms with van der Waals surface area (Å²) < 4.78 is 10.2. The van der Waals surface area contributed by atoms with E-state index in [4.69, 9.17) is 9.47 Å². The number of hydrogen-bond donors (Lipinski definition) is 1. The van der Waals surface area contributed by atoms with Gasteiger partial charge in [-0.2, -0.15) is 0 Å². The molecular formula is C12H19NO2. The minimum absolute atomic E-state index is 0.362. The van der Waals surface area contributed by atoms with Crippen molar-refractivity contribution in [3.8, 4) is 5.75 Å². The molecule has 0 amide bonds. The molecule has 1 N–H and O–H groups in total. The largest absolute Gasteiger partial charge is 0.497 e. The lowest BCUT2D eigenvalue weighted by molar-refractivity contribution is 0.171. The molecule has 0 aliphatic heterocycles. The van der Waals surface area contributed by atoms with Crippen molar-refractivity contribution in [3.05, 3.63) is 29.8 Å². The van der Waals surface area contributed by atoms with Gasteiger partial charge in [0.1, 0.15) is 5.75 Å². The van der Waals surface area contributed by atoms with Crippen LogP contribution in [0.4, 0.5) is 0 Å². The molecule has 1 aromatic carbocycles. The number of methoxy groups -OCH3 is 2. The Morgan fingerprint density at radius 2 is 2.13 bits per heavy atom. The van der Waals surface area contributed by atoms with Crippen molar-refractivity contribution in [1.82, 2.24) is 5.32 Å². The normalized spacial score (nSPS) is 12.5. The Kier molecular flexibility index (Phi) is 5.15. The molecule has 0 spiro atoms. The summed E-state index contributed by atoms with van der Waals surface area (Å²) in [5, 5.41) is 3.37. The van der Waals surface area contributed by atoms with Crippen LogP contribution in [0.5, 0.6) is 5.75 Å². The molecule has 0 bridgehead atoms. The number of nitrogens with one attached hydrogen (secondary N) is 1. The van der Waals surface area contributed by atoms with Gasteiger partial charge >= 0.3 is 0 Å². The second-order valence-corrected chi connectivity index (χ2v) is 3.59. The zero-order chi connectivity index (χ0) is 11.1. The minimum atomic E-state index is 0.362. The molecule has 0 fully saturated rings. The summed E-state index contributed by atoms with van der Waals surface area (Å²) >= 11 is 0. The van der Waals surface area contributed by atoms with Crippen LogP contribution in [0.3, 0.4) is 0 Å². The molecule has 1 atom stereocenters. The minimum Gasteiger partial charge on any atom is -0.497 e. The average Bonchev–Trinajstić information content (AvgIpc) is 2.27. The van der Waals surface area contributed by atoms with Gasteiger partial charge in [-0.3, -0.25) is 0 Å². The van der Waals surface area contributed by atoms with E-state index in [9.17, 15) is 0 Å².